The van der Waals surface area contributed by atoms with Crippen LogP contribution in [-0.4, -0.2) is 60.8 Å². The first kappa shape index (κ1) is 20.6. The molecule has 0 unspecified atom stereocenters. The number of benzene rings is 1. The number of nitrogens with one attached hydrogen (secondary N) is 1. The molecule has 7 nitrogen and oxygen atoms in total. The first-order chi connectivity index (χ1) is 13.8. The van der Waals surface area contributed by atoms with Gasteiger partial charge in [-0.25, -0.2) is 4.98 Å². The molecule has 29 heavy (non-hydrogen) atoms. The van der Waals surface area contributed by atoms with E-state index in [0.29, 0.717) is 37.6 Å². The van der Waals surface area contributed by atoms with Gasteiger partial charge in [-0.2, -0.15) is 13.2 Å². The van der Waals surface area contributed by atoms with E-state index >= 15 is 0 Å². The monoisotopic (exact) mass is 409 g/mol. The molecule has 0 spiro atoms. The molecular formula is C19H18F3N3O4. The minimum Gasteiger partial charge on any atom is -0.468 e. The summed E-state index contributed by atoms with van der Waals surface area (Å²) in [5, 5.41) is 2.64. The summed E-state index contributed by atoms with van der Waals surface area (Å²) in [5.74, 6) is -0.912. The predicted octanol–water partition coefficient (Wildman–Crippen LogP) is 2.75. The summed E-state index contributed by atoms with van der Waals surface area (Å²) in [6.07, 6.45) is -3.36. The number of anilines is 1. The van der Waals surface area contributed by atoms with E-state index in [1.165, 1.54) is 12.1 Å². The fraction of sp³-hybridized carbons (Fsp3) is 0.316. The van der Waals surface area contributed by atoms with Crippen molar-refractivity contribution in [3.63, 3.8) is 0 Å². The average molecular weight is 409 g/mol. The Labute approximate surface area is 164 Å². The molecular weight excluding hydrogens is 391 g/mol. The summed E-state index contributed by atoms with van der Waals surface area (Å²) in [6, 6.07) is 8.97. The van der Waals surface area contributed by atoms with Crippen molar-refractivity contribution in [1.29, 1.82) is 0 Å². The van der Waals surface area contributed by atoms with Gasteiger partial charge in [0.15, 0.2) is 6.61 Å². The number of alkyl halides is 3. The Hall–Kier alpha value is -3.14. The van der Waals surface area contributed by atoms with Crippen LogP contribution in [0.4, 0.5) is 18.9 Å². The van der Waals surface area contributed by atoms with Crippen molar-refractivity contribution in [2.24, 2.45) is 0 Å². The fourth-order valence-corrected chi connectivity index (χ4v) is 2.64. The largest absolute Gasteiger partial charge is 0.468 e. The van der Waals surface area contributed by atoms with Crippen molar-refractivity contribution in [2.45, 2.75) is 6.18 Å². The molecule has 2 amide bonds. The predicted molar refractivity (Wildman–Crippen MR) is 96.9 cm³/mol. The molecule has 10 heteroatoms. The highest BCUT2D eigenvalue weighted by molar-refractivity contribution is 6.05. The number of carbonyl (C=O) groups excluding carboxylic acids is 2. The zero-order valence-electron chi connectivity index (χ0n) is 15.2. The molecule has 0 saturated carbocycles. The first-order valence-corrected chi connectivity index (χ1v) is 8.76. The standard InChI is InChI=1S/C19H18F3N3O4/c20-19(21,22)12-29-16-5-4-14(11-23-16)17(26)24-15-3-1-2-13(10-15)18(27)25-6-8-28-9-7-25/h1-5,10-11H,6-9,12H2,(H,24,26). The summed E-state index contributed by atoms with van der Waals surface area (Å²) in [5.41, 5.74) is 0.972. The van der Waals surface area contributed by atoms with E-state index < -0.39 is 18.7 Å². The van der Waals surface area contributed by atoms with Crippen LogP contribution in [-0.2, 0) is 4.74 Å². The van der Waals surface area contributed by atoms with Crippen molar-refractivity contribution in [3.05, 3.63) is 53.7 Å². The Balaban J connectivity index is 1.62. The van der Waals surface area contributed by atoms with E-state index in [-0.39, 0.29) is 17.4 Å². The maximum atomic E-state index is 12.5. The molecule has 1 aromatic heterocycles. The summed E-state index contributed by atoms with van der Waals surface area (Å²) in [4.78, 5) is 30.2. The summed E-state index contributed by atoms with van der Waals surface area (Å²) >= 11 is 0. The van der Waals surface area contributed by atoms with Gasteiger partial charge in [-0.3, -0.25) is 9.59 Å². The van der Waals surface area contributed by atoms with Crippen molar-refractivity contribution in [3.8, 4) is 5.88 Å². The maximum absolute atomic E-state index is 12.5. The maximum Gasteiger partial charge on any atom is 0.422 e. The number of halogens is 3. The van der Waals surface area contributed by atoms with Gasteiger partial charge < -0.3 is 19.7 Å². The number of aromatic nitrogens is 1. The van der Waals surface area contributed by atoms with E-state index in [1.807, 2.05) is 0 Å². The molecule has 0 aliphatic carbocycles. The van der Waals surface area contributed by atoms with Crippen LogP contribution in [0.1, 0.15) is 20.7 Å². The number of nitrogens with zero attached hydrogens (tertiary/aromatic N) is 2. The van der Waals surface area contributed by atoms with E-state index in [9.17, 15) is 22.8 Å². The van der Waals surface area contributed by atoms with E-state index in [4.69, 9.17) is 4.74 Å². The minimum absolute atomic E-state index is 0.134. The van der Waals surface area contributed by atoms with Crippen LogP contribution in [0.2, 0.25) is 0 Å². The molecule has 1 saturated heterocycles. The van der Waals surface area contributed by atoms with Gasteiger partial charge >= 0.3 is 6.18 Å². The third kappa shape index (κ3) is 5.92. The minimum atomic E-state index is -4.47. The number of pyridine rings is 1. The first-order valence-electron chi connectivity index (χ1n) is 8.76. The van der Waals surface area contributed by atoms with Crippen LogP contribution in [0.5, 0.6) is 5.88 Å². The molecule has 1 aliphatic rings. The third-order valence-electron chi connectivity index (χ3n) is 4.05. The van der Waals surface area contributed by atoms with Crippen molar-refractivity contribution in [2.75, 3.05) is 38.2 Å². The van der Waals surface area contributed by atoms with Crippen LogP contribution in [0, 0.1) is 0 Å². The number of rotatable bonds is 5. The number of ether oxygens (including phenoxy) is 2. The van der Waals surface area contributed by atoms with Crippen molar-refractivity contribution in [1.82, 2.24) is 9.88 Å². The lowest BCUT2D eigenvalue weighted by Gasteiger charge is -2.27. The Morgan fingerprint density at radius 1 is 1.14 bits per heavy atom. The molecule has 2 aromatic rings. The average Bonchev–Trinajstić information content (AvgIpc) is 2.72. The van der Waals surface area contributed by atoms with Gasteiger partial charge in [-0.15, -0.1) is 0 Å². The molecule has 0 atom stereocenters. The highest BCUT2D eigenvalue weighted by Crippen LogP contribution is 2.18. The quantitative estimate of drug-likeness (QED) is 0.822. The molecule has 3 rings (SSSR count). The highest BCUT2D eigenvalue weighted by Gasteiger charge is 2.28. The summed E-state index contributed by atoms with van der Waals surface area (Å²) < 4.78 is 46.2. The topological polar surface area (TPSA) is 80.8 Å². The van der Waals surface area contributed by atoms with Gasteiger partial charge in [0, 0.05) is 36.6 Å². The van der Waals surface area contributed by atoms with Crippen LogP contribution >= 0.6 is 0 Å². The second-order valence-electron chi connectivity index (χ2n) is 6.23. The molecule has 1 N–H and O–H groups in total. The smallest absolute Gasteiger partial charge is 0.422 e. The molecule has 2 heterocycles. The van der Waals surface area contributed by atoms with E-state index in [0.717, 1.165) is 6.20 Å². The number of hydrogen-bond donors (Lipinski definition) is 1. The zero-order valence-corrected chi connectivity index (χ0v) is 15.2. The van der Waals surface area contributed by atoms with Crippen molar-refractivity contribution >= 4 is 17.5 Å². The molecule has 1 fully saturated rings. The Bertz CT molecular complexity index is 866. The van der Waals surface area contributed by atoms with Crippen LogP contribution < -0.4 is 10.1 Å². The Kier molecular flexibility index (Phi) is 6.32. The molecule has 1 aromatic carbocycles. The third-order valence-corrected chi connectivity index (χ3v) is 4.05. The lowest BCUT2D eigenvalue weighted by molar-refractivity contribution is -0.154. The normalized spacial score (nSPS) is 14.4. The van der Waals surface area contributed by atoms with Crippen LogP contribution in [0.15, 0.2) is 42.6 Å². The van der Waals surface area contributed by atoms with Gasteiger partial charge in [0.1, 0.15) is 0 Å². The van der Waals surface area contributed by atoms with E-state index in [2.05, 4.69) is 15.0 Å². The fourth-order valence-electron chi connectivity index (χ4n) is 2.64. The Morgan fingerprint density at radius 3 is 2.55 bits per heavy atom. The second kappa shape index (κ2) is 8.91. The van der Waals surface area contributed by atoms with Crippen LogP contribution in [0.25, 0.3) is 0 Å². The van der Waals surface area contributed by atoms with Gasteiger partial charge in [0.05, 0.1) is 18.8 Å². The molecule has 154 valence electrons. The van der Waals surface area contributed by atoms with Gasteiger partial charge in [-0.1, -0.05) is 6.07 Å². The highest BCUT2D eigenvalue weighted by atomic mass is 19.4. The zero-order chi connectivity index (χ0) is 20.9. The number of morpholine rings is 1. The van der Waals surface area contributed by atoms with Gasteiger partial charge in [-0.05, 0) is 24.3 Å². The number of hydrogen-bond acceptors (Lipinski definition) is 5. The summed E-state index contributed by atoms with van der Waals surface area (Å²) in [7, 11) is 0. The molecule has 0 bridgehead atoms. The van der Waals surface area contributed by atoms with Gasteiger partial charge in [0.2, 0.25) is 5.88 Å². The SMILES string of the molecule is O=C(Nc1cccc(C(=O)N2CCOCC2)c1)c1ccc(OCC(F)(F)F)nc1. The molecule has 0 radical (unpaired) electrons. The van der Waals surface area contributed by atoms with Crippen LogP contribution in [0.3, 0.4) is 0 Å². The lowest BCUT2D eigenvalue weighted by Crippen LogP contribution is -2.40. The second-order valence-corrected chi connectivity index (χ2v) is 6.23. The van der Waals surface area contributed by atoms with Gasteiger partial charge in [0.25, 0.3) is 11.8 Å². The number of carbonyl (C=O) groups is 2. The molecule has 1 aliphatic heterocycles. The number of amides is 2. The lowest BCUT2D eigenvalue weighted by atomic mass is 10.1. The Morgan fingerprint density at radius 2 is 1.90 bits per heavy atom. The summed E-state index contributed by atoms with van der Waals surface area (Å²) in [6.45, 7) is 0.513. The van der Waals surface area contributed by atoms with Crippen molar-refractivity contribution < 1.29 is 32.2 Å². The van der Waals surface area contributed by atoms with E-state index in [1.54, 1.807) is 29.2 Å².